The number of hydrogen-bond donors (Lipinski definition) is 2. The Morgan fingerprint density at radius 1 is 1.26 bits per heavy atom. The minimum atomic E-state index is 0.478. The first-order chi connectivity index (χ1) is 11.2. The summed E-state index contributed by atoms with van der Waals surface area (Å²) in [7, 11) is 0. The molecule has 1 aliphatic heterocycles. The molecule has 0 aliphatic carbocycles. The summed E-state index contributed by atoms with van der Waals surface area (Å²) in [6, 6.07) is 0.478. The van der Waals surface area contributed by atoms with Gasteiger partial charge in [0.2, 0.25) is 0 Å². The molecule has 1 aliphatic rings. The lowest BCUT2D eigenvalue weighted by Gasteiger charge is -2.22. The Morgan fingerprint density at radius 3 is 2.91 bits per heavy atom. The molecular weight excluding hydrogens is 290 g/mol. The molecule has 1 saturated heterocycles. The number of nitrogens with one attached hydrogen (secondary N) is 2. The number of rotatable bonds is 3. The molecule has 3 aromatic rings. The van der Waals surface area contributed by atoms with Crippen LogP contribution in [-0.2, 0) is 0 Å². The van der Waals surface area contributed by atoms with Crippen LogP contribution >= 0.6 is 0 Å². The quantitative estimate of drug-likeness (QED) is 0.776. The topological polar surface area (TPSA) is 72.1 Å². The Balaban J connectivity index is 1.62. The molecule has 0 aromatic carbocycles. The number of aromatic nitrogens is 5. The van der Waals surface area contributed by atoms with E-state index in [1.54, 1.807) is 6.20 Å². The Morgan fingerprint density at radius 2 is 2.09 bits per heavy atom. The molecule has 0 spiro atoms. The van der Waals surface area contributed by atoms with Crippen LogP contribution in [0.2, 0.25) is 0 Å². The van der Waals surface area contributed by atoms with Crippen molar-refractivity contribution in [1.29, 1.82) is 0 Å². The summed E-state index contributed by atoms with van der Waals surface area (Å²) >= 11 is 0. The van der Waals surface area contributed by atoms with Gasteiger partial charge < -0.3 is 10.6 Å². The molecule has 0 saturated carbocycles. The first kappa shape index (κ1) is 14.2. The highest BCUT2D eigenvalue weighted by molar-refractivity contribution is 5.70. The van der Waals surface area contributed by atoms with Crippen LogP contribution in [0, 0.1) is 13.8 Å². The number of anilines is 2. The summed E-state index contributed by atoms with van der Waals surface area (Å²) in [6.45, 7) is 6.18. The summed E-state index contributed by atoms with van der Waals surface area (Å²) in [5.41, 5.74) is 3.88. The average molecular weight is 311 g/mol. The van der Waals surface area contributed by atoms with Gasteiger partial charge in [0.05, 0.1) is 23.6 Å². The summed E-state index contributed by atoms with van der Waals surface area (Å²) in [5.74, 6) is 0.767. The fraction of sp³-hybridized carbons (Fsp3) is 0.438. The molecule has 120 valence electrons. The van der Waals surface area contributed by atoms with E-state index >= 15 is 0 Å². The van der Waals surface area contributed by atoms with Gasteiger partial charge in [-0.2, -0.15) is 5.10 Å². The molecule has 0 amide bonds. The summed E-state index contributed by atoms with van der Waals surface area (Å²) in [4.78, 5) is 9.06. The normalized spacial score (nSPS) is 16.1. The van der Waals surface area contributed by atoms with Gasteiger partial charge in [-0.25, -0.2) is 9.97 Å². The Labute approximate surface area is 134 Å². The highest BCUT2D eigenvalue weighted by Crippen LogP contribution is 2.23. The second-order valence-corrected chi connectivity index (χ2v) is 6.07. The van der Waals surface area contributed by atoms with Crippen LogP contribution in [0.25, 0.3) is 5.65 Å². The zero-order valence-corrected chi connectivity index (χ0v) is 13.5. The predicted octanol–water partition coefficient (Wildman–Crippen LogP) is 2.21. The first-order valence-corrected chi connectivity index (χ1v) is 8.04. The van der Waals surface area contributed by atoms with Crippen LogP contribution in [0.3, 0.4) is 0 Å². The lowest BCUT2D eigenvalue weighted by atomic mass is 10.1. The third kappa shape index (κ3) is 2.57. The van der Waals surface area contributed by atoms with Gasteiger partial charge in [0.15, 0.2) is 11.5 Å². The molecule has 0 atom stereocenters. The number of piperidine rings is 1. The fourth-order valence-electron chi connectivity index (χ4n) is 3.12. The Hall–Kier alpha value is -2.41. The van der Waals surface area contributed by atoms with E-state index in [0.29, 0.717) is 6.04 Å². The lowest BCUT2D eigenvalue weighted by molar-refractivity contribution is 0.343. The monoisotopic (exact) mass is 311 g/mol. The van der Waals surface area contributed by atoms with Gasteiger partial charge in [-0.1, -0.05) is 0 Å². The van der Waals surface area contributed by atoms with Crippen LogP contribution in [0.15, 0.2) is 24.8 Å². The highest BCUT2D eigenvalue weighted by Gasteiger charge is 2.16. The highest BCUT2D eigenvalue weighted by atomic mass is 15.3. The molecule has 4 heterocycles. The molecule has 0 unspecified atom stereocenters. The van der Waals surface area contributed by atoms with Crippen molar-refractivity contribution in [3.63, 3.8) is 0 Å². The zero-order valence-electron chi connectivity index (χ0n) is 13.5. The Bertz CT molecular complexity index is 826. The van der Waals surface area contributed by atoms with Crippen molar-refractivity contribution in [3.05, 3.63) is 36.2 Å². The summed E-state index contributed by atoms with van der Waals surface area (Å²) < 4.78 is 4.12. The van der Waals surface area contributed by atoms with Gasteiger partial charge in [-0.15, -0.1) is 0 Å². The fourth-order valence-corrected chi connectivity index (χ4v) is 3.12. The minimum absolute atomic E-state index is 0.478. The Kier molecular flexibility index (Phi) is 3.49. The molecule has 4 rings (SSSR count). The van der Waals surface area contributed by atoms with E-state index < -0.39 is 0 Å². The van der Waals surface area contributed by atoms with Crippen LogP contribution in [-0.4, -0.2) is 37.2 Å². The van der Waals surface area contributed by atoms with Crippen molar-refractivity contribution in [3.8, 4) is 0 Å². The largest absolute Gasteiger partial charge is 0.335 e. The van der Waals surface area contributed by atoms with Crippen molar-refractivity contribution in [1.82, 2.24) is 29.5 Å². The van der Waals surface area contributed by atoms with E-state index in [-0.39, 0.29) is 0 Å². The summed E-state index contributed by atoms with van der Waals surface area (Å²) in [6.07, 6.45) is 9.92. The van der Waals surface area contributed by atoms with Gasteiger partial charge in [-0.05, 0) is 39.8 Å². The number of imidazole rings is 1. The molecule has 1 fully saturated rings. The van der Waals surface area contributed by atoms with Gasteiger partial charge in [0.25, 0.3) is 0 Å². The second kappa shape index (κ2) is 5.66. The van der Waals surface area contributed by atoms with Crippen molar-refractivity contribution < 1.29 is 0 Å². The van der Waals surface area contributed by atoms with Crippen molar-refractivity contribution >= 4 is 17.2 Å². The van der Waals surface area contributed by atoms with Crippen molar-refractivity contribution in [2.75, 3.05) is 18.4 Å². The molecule has 0 bridgehead atoms. The van der Waals surface area contributed by atoms with Gasteiger partial charge in [-0.3, -0.25) is 9.08 Å². The SMILES string of the molecule is Cc1nc(Nc2cnn(C3CCNCC3)c2)c2nccn2c1C. The van der Waals surface area contributed by atoms with E-state index in [0.717, 1.165) is 54.5 Å². The minimum Gasteiger partial charge on any atom is -0.335 e. The molecule has 7 heteroatoms. The molecule has 3 aromatic heterocycles. The maximum Gasteiger partial charge on any atom is 0.180 e. The number of hydrogen-bond acceptors (Lipinski definition) is 5. The van der Waals surface area contributed by atoms with Crippen LogP contribution < -0.4 is 10.6 Å². The molecule has 7 nitrogen and oxygen atoms in total. The predicted molar refractivity (Wildman–Crippen MR) is 89.1 cm³/mol. The first-order valence-electron chi connectivity index (χ1n) is 8.04. The average Bonchev–Trinajstić information content (AvgIpc) is 3.23. The second-order valence-electron chi connectivity index (χ2n) is 6.07. The number of fused-ring (bicyclic) bond motifs is 1. The standard InChI is InChI=1S/C16H21N7/c1-11-12(2)22-8-7-18-16(22)15(20-11)21-13-9-19-23(10-13)14-3-5-17-6-4-14/h7-10,14,17H,3-6H2,1-2H3,(H,20,21). The van der Waals surface area contributed by atoms with E-state index in [1.807, 2.05) is 19.3 Å². The molecule has 2 N–H and O–H groups in total. The maximum atomic E-state index is 4.65. The van der Waals surface area contributed by atoms with E-state index in [2.05, 4.69) is 47.9 Å². The smallest absolute Gasteiger partial charge is 0.180 e. The lowest BCUT2D eigenvalue weighted by Crippen LogP contribution is -2.29. The summed E-state index contributed by atoms with van der Waals surface area (Å²) in [5, 5.41) is 11.3. The molecular formula is C16H21N7. The number of aryl methyl sites for hydroxylation is 2. The van der Waals surface area contributed by atoms with E-state index in [1.165, 1.54) is 0 Å². The van der Waals surface area contributed by atoms with Gasteiger partial charge in [0, 0.05) is 24.3 Å². The van der Waals surface area contributed by atoms with E-state index in [9.17, 15) is 0 Å². The van der Waals surface area contributed by atoms with E-state index in [4.69, 9.17) is 0 Å². The maximum absolute atomic E-state index is 4.65. The van der Waals surface area contributed by atoms with Crippen LogP contribution in [0.1, 0.15) is 30.3 Å². The third-order valence-corrected chi connectivity index (χ3v) is 4.56. The van der Waals surface area contributed by atoms with Crippen LogP contribution in [0.5, 0.6) is 0 Å². The molecule has 0 radical (unpaired) electrons. The van der Waals surface area contributed by atoms with Crippen molar-refractivity contribution in [2.45, 2.75) is 32.7 Å². The third-order valence-electron chi connectivity index (χ3n) is 4.56. The number of nitrogens with zero attached hydrogens (tertiary/aromatic N) is 5. The van der Waals surface area contributed by atoms with Gasteiger partial charge in [0.1, 0.15) is 0 Å². The van der Waals surface area contributed by atoms with Crippen LogP contribution in [0.4, 0.5) is 11.5 Å². The zero-order chi connectivity index (χ0) is 15.8. The van der Waals surface area contributed by atoms with Gasteiger partial charge >= 0.3 is 0 Å². The van der Waals surface area contributed by atoms with Crippen molar-refractivity contribution in [2.24, 2.45) is 0 Å². The molecule has 23 heavy (non-hydrogen) atoms.